The number of likely N-dealkylation sites (tertiary alicyclic amines) is 4. The molecule has 12 heteroatoms. The molecule has 1 N–H and O–H groups in total. The van der Waals surface area contributed by atoms with Crippen LogP contribution in [0.4, 0.5) is 9.59 Å². The van der Waals surface area contributed by atoms with Crippen molar-refractivity contribution in [2.75, 3.05) is 86.9 Å². The van der Waals surface area contributed by atoms with Crippen molar-refractivity contribution in [3.63, 3.8) is 0 Å². The molecule has 0 aromatic heterocycles. The summed E-state index contributed by atoms with van der Waals surface area (Å²) in [7, 11) is 5.20. The highest BCUT2D eigenvalue weighted by Crippen LogP contribution is 2.35. The van der Waals surface area contributed by atoms with Gasteiger partial charge in [-0.1, -0.05) is 24.3 Å². The minimum absolute atomic E-state index is 0.183. The zero-order valence-corrected chi connectivity index (χ0v) is 38.9. The number of carbonyl (C=O) groups is 2. The van der Waals surface area contributed by atoms with Crippen LogP contribution in [0.3, 0.4) is 0 Å². The average molecular weight is 851 g/mol. The van der Waals surface area contributed by atoms with Gasteiger partial charge < -0.3 is 38.6 Å². The van der Waals surface area contributed by atoms with E-state index in [-0.39, 0.29) is 24.8 Å². The molecule has 0 bridgehead atoms. The van der Waals surface area contributed by atoms with Gasteiger partial charge in [0.2, 0.25) is 0 Å². The van der Waals surface area contributed by atoms with Crippen LogP contribution >= 0.6 is 0 Å². The molecule has 6 rings (SSSR count). The molecule has 2 aromatic rings. The summed E-state index contributed by atoms with van der Waals surface area (Å²) in [6.45, 7) is 19.5. The van der Waals surface area contributed by atoms with Crippen molar-refractivity contribution in [3.05, 3.63) is 59.7 Å². The molecule has 4 aliphatic heterocycles. The summed E-state index contributed by atoms with van der Waals surface area (Å²) in [4.78, 5) is 33.5. The number of benzene rings is 2. The Hall–Kier alpha value is -3.58. The molecule has 2 amide bonds. The number of nitrogens with zero attached hydrogens (tertiary/aromatic N) is 4. The molecule has 2 unspecified atom stereocenters. The van der Waals surface area contributed by atoms with Gasteiger partial charge in [0.25, 0.3) is 0 Å². The molecule has 2 aromatic carbocycles. The van der Waals surface area contributed by atoms with Gasteiger partial charge in [-0.15, -0.1) is 0 Å². The maximum Gasteiger partial charge on any atom is 0.410 e. The van der Waals surface area contributed by atoms with Crippen LogP contribution in [-0.4, -0.2) is 147 Å². The highest BCUT2D eigenvalue weighted by molar-refractivity contribution is 5.68. The lowest BCUT2D eigenvalue weighted by atomic mass is 9.85. The van der Waals surface area contributed by atoms with Gasteiger partial charge in [0.15, 0.2) is 0 Å². The first-order valence-electron chi connectivity index (χ1n) is 22.9. The lowest BCUT2D eigenvalue weighted by molar-refractivity contribution is -0.000402. The summed E-state index contributed by atoms with van der Waals surface area (Å²) in [5.74, 6) is 3.97. The second kappa shape index (κ2) is 22.7. The molecule has 12 nitrogen and oxygen atoms in total. The standard InChI is InChI=1S/C25H40N2O4.C24H38N2O4/c1-25(2,3)31-24(28)27-16-12-21(13-17-27)23(18-29-4)26-14-10-20(11-15-26)19-6-8-22(30-5)9-7-19;1-24(2,3)30-23(28)26-15-11-20(12-16-26)22(17-27)25-13-9-19(10-14-25)18-5-7-21(29-4)8-6-18/h6-9,20-21,23H,10-18H2,1-5H3;5-8,19-20,22,27H,9-17H2,1-4H3. The maximum atomic E-state index is 12.4. The van der Waals surface area contributed by atoms with Crippen LogP contribution < -0.4 is 9.47 Å². The first-order chi connectivity index (χ1) is 29.1. The molecule has 4 saturated heterocycles. The van der Waals surface area contributed by atoms with Gasteiger partial charge >= 0.3 is 12.2 Å². The van der Waals surface area contributed by atoms with E-state index in [1.807, 2.05) is 63.5 Å². The van der Waals surface area contributed by atoms with E-state index in [0.29, 0.717) is 42.8 Å². The Balaban J connectivity index is 0.000000231. The molecule has 4 heterocycles. The monoisotopic (exact) mass is 851 g/mol. The summed E-state index contributed by atoms with van der Waals surface area (Å²) in [5, 5.41) is 10.1. The Bertz CT molecular complexity index is 1590. The second-order valence-electron chi connectivity index (χ2n) is 19.5. The molecule has 2 atom stereocenters. The predicted octanol–water partition coefficient (Wildman–Crippen LogP) is 8.42. The summed E-state index contributed by atoms with van der Waals surface area (Å²) >= 11 is 0. The zero-order chi connectivity index (χ0) is 44.2. The van der Waals surface area contributed by atoms with Crippen LogP contribution in [0.5, 0.6) is 11.5 Å². The molecule has 342 valence electrons. The third-order valence-corrected chi connectivity index (χ3v) is 13.2. The van der Waals surface area contributed by atoms with Gasteiger partial charge in [-0.3, -0.25) is 9.80 Å². The summed E-state index contributed by atoms with van der Waals surface area (Å²) in [5.41, 5.74) is 1.88. The molecular weight excluding hydrogens is 773 g/mol. The van der Waals surface area contributed by atoms with Crippen LogP contribution in [0, 0.1) is 11.8 Å². The molecule has 0 spiro atoms. The number of aliphatic hydroxyl groups is 1. The molecule has 0 radical (unpaired) electrons. The van der Waals surface area contributed by atoms with E-state index in [1.165, 1.54) is 24.0 Å². The van der Waals surface area contributed by atoms with Gasteiger partial charge in [-0.05, 0) is 178 Å². The Morgan fingerprint density at radius 2 is 0.902 bits per heavy atom. The average Bonchev–Trinajstić information content (AvgIpc) is 3.25. The number of rotatable bonds is 11. The van der Waals surface area contributed by atoms with Gasteiger partial charge in [0.1, 0.15) is 22.7 Å². The number of methoxy groups -OCH3 is 3. The van der Waals surface area contributed by atoms with Crippen LogP contribution in [0.25, 0.3) is 0 Å². The number of carbonyl (C=O) groups excluding carboxylic acids is 2. The van der Waals surface area contributed by atoms with Crippen molar-refractivity contribution >= 4 is 12.2 Å². The largest absolute Gasteiger partial charge is 0.497 e. The zero-order valence-electron chi connectivity index (χ0n) is 38.9. The molecule has 0 aliphatic carbocycles. The lowest BCUT2D eigenvalue weighted by Gasteiger charge is -2.43. The summed E-state index contributed by atoms with van der Waals surface area (Å²) in [6.07, 6.45) is 8.01. The molecule has 4 fully saturated rings. The first kappa shape index (κ1) is 48.5. The van der Waals surface area contributed by atoms with Gasteiger partial charge in [-0.2, -0.15) is 0 Å². The highest BCUT2D eigenvalue weighted by Gasteiger charge is 2.37. The van der Waals surface area contributed by atoms with E-state index in [4.69, 9.17) is 23.7 Å². The molecular formula is C49H78N4O8. The second-order valence-corrected chi connectivity index (χ2v) is 19.5. The Morgan fingerprint density at radius 1 is 0.557 bits per heavy atom. The SMILES string of the molecule is COCC(C1CCN(C(=O)OC(C)(C)C)CC1)N1CCC(c2ccc(OC)cc2)CC1.COc1ccc(C2CCN(C(CO)C3CCN(C(=O)OC(C)(C)C)CC3)CC2)cc1. The highest BCUT2D eigenvalue weighted by atomic mass is 16.6. The number of amides is 2. The minimum Gasteiger partial charge on any atom is -0.497 e. The number of ether oxygens (including phenoxy) is 5. The van der Waals surface area contributed by atoms with E-state index in [0.717, 1.165) is 95.9 Å². The van der Waals surface area contributed by atoms with E-state index >= 15 is 0 Å². The topological polar surface area (TPSA) is 113 Å². The fourth-order valence-corrected chi connectivity index (χ4v) is 9.74. The Kier molecular flexibility index (Phi) is 18.0. The third-order valence-electron chi connectivity index (χ3n) is 13.2. The van der Waals surface area contributed by atoms with Crippen molar-refractivity contribution in [1.82, 2.24) is 19.6 Å². The van der Waals surface area contributed by atoms with Gasteiger partial charge in [0, 0.05) is 45.4 Å². The normalized spacial score (nSPS) is 20.6. The summed E-state index contributed by atoms with van der Waals surface area (Å²) in [6, 6.07) is 17.6. The van der Waals surface area contributed by atoms with Crippen molar-refractivity contribution in [2.45, 2.75) is 128 Å². The molecule has 61 heavy (non-hydrogen) atoms. The van der Waals surface area contributed by atoms with Crippen LogP contribution in [-0.2, 0) is 14.2 Å². The van der Waals surface area contributed by atoms with Crippen molar-refractivity contribution < 1.29 is 38.4 Å². The van der Waals surface area contributed by atoms with E-state index in [2.05, 4.69) is 46.2 Å². The van der Waals surface area contributed by atoms with E-state index < -0.39 is 11.2 Å². The van der Waals surface area contributed by atoms with Crippen molar-refractivity contribution in [1.29, 1.82) is 0 Å². The van der Waals surface area contributed by atoms with Gasteiger partial charge in [-0.25, -0.2) is 9.59 Å². The summed E-state index contributed by atoms with van der Waals surface area (Å²) < 4.78 is 27.2. The van der Waals surface area contributed by atoms with Crippen LogP contribution in [0.15, 0.2) is 48.5 Å². The smallest absolute Gasteiger partial charge is 0.410 e. The fraction of sp³-hybridized carbons (Fsp3) is 0.714. The molecule has 4 aliphatic rings. The van der Waals surface area contributed by atoms with E-state index in [9.17, 15) is 14.7 Å². The van der Waals surface area contributed by atoms with E-state index in [1.54, 1.807) is 21.3 Å². The maximum absolute atomic E-state index is 12.4. The van der Waals surface area contributed by atoms with Crippen LogP contribution in [0.1, 0.15) is 116 Å². The Labute approximate surface area is 367 Å². The number of aliphatic hydroxyl groups excluding tert-OH is 1. The number of hydrogen-bond donors (Lipinski definition) is 1. The number of hydrogen-bond acceptors (Lipinski definition) is 10. The lowest BCUT2D eigenvalue weighted by Crippen LogP contribution is -2.51. The van der Waals surface area contributed by atoms with Crippen molar-refractivity contribution in [2.24, 2.45) is 11.8 Å². The quantitative estimate of drug-likeness (QED) is 0.237. The number of piperidine rings is 4. The van der Waals surface area contributed by atoms with Crippen molar-refractivity contribution in [3.8, 4) is 11.5 Å². The predicted molar refractivity (Wildman–Crippen MR) is 241 cm³/mol. The molecule has 0 saturated carbocycles. The minimum atomic E-state index is -0.463. The van der Waals surface area contributed by atoms with Gasteiger partial charge in [0.05, 0.1) is 27.4 Å². The third kappa shape index (κ3) is 14.5. The first-order valence-corrected chi connectivity index (χ1v) is 22.9. The van der Waals surface area contributed by atoms with Crippen LogP contribution in [0.2, 0.25) is 0 Å². The fourth-order valence-electron chi connectivity index (χ4n) is 9.74. The Morgan fingerprint density at radius 3 is 1.21 bits per heavy atom.